The van der Waals surface area contributed by atoms with E-state index in [1.807, 2.05) is 24.4 Å². The van der Waals surface area contributed by atoms with Crippen LogP contribution in [0, 0.1) is 0 Å². The SMILES string of the molecule is CC[C@H]1C[C@@H](O)CC2(CCN(c3ccnc(-c4ccc5c(c4)OCO5)c3)CC2)O1. The summed E-state index contributed by atoms with van der Waals surface area (Å²) in [5, 5.41) is 10.3. The van der Waals surface area contributed by atoms with Crippen molar-refractivity contribution in [3.63, 3.8) is 0 Å². The van der Waals surface area contributed by atoms with Crippen LogP contribution in [0.5, 0.6) is 11.5 Å². The largest absolute Gasteiger partial charge is 0.454 e. The number of fused-ring (bicyclic) bond motifs is 1. The molecule has 3 aliphatic heterocycles. The zero-order valence-corrected chi connectivity index (χ0v) is 16.8. The fraction of sp³-hybridized carbons (Fsp3) is 0.522. The van der Waals surface area contributed by atoms with E-state index in [4.69, 9.17) is 14.2 Å². The van der Waals surface area contributed by atoms with Crippen LogP contribution >= 0.6 is 0 Å². The van der Waals surface area contributed by atoms with Crippen LogP contribution in [0.25, 0.3) is 11.3 Å². The van der Waals surface area contributed by atoms with Crippen molar-refractivity contribution in [3.05, 3.63) is 36.5 Å². The maximum atomic E-state index is 10.3. The molecule has 1 spiro atoms. The molecule has 2 fully saturated rings. The number of aliphatic hydroxyl groups excluding tert-OH is 1. The Morgan fingerprint density at radius 3 is 2.79 bits per heavy atom. The Kier molecular flexibility index (Phi) is 4.84. The van der Waals surface area contributed by atoms with Gasteiger partial charge in [-0.05, 0) is 56.0 Å². The fourth-order valence-electron chi connectivity index (χ4n) is 4.84. The number of hydrogen-bond donors (Lipinski definition) is 1. The van der Waals surface area contributed by atoms with Crippen LogP contribution in [-0.4, -0.2) is 47.8 Å². The van der Waals surface area contributed by atoms with Crippen molar-refractivity contribution in [1.29, 1.82) is 0 Å². The van der Waals surface area contributed by atoms with Gasteiger partial charge in [0.05, 0.1) is 23.5 Å². The average molecular weight is 396 g/mol. The Balaban J connectivity index is 1.31. The molecule has 1 aromatic heterocycles. The molecule has 0 aliphatic carbocycles. The molecule has 29 heavy (non-hydrogen) atoms. The van der Waals surface area contributed by atoms with E-state index in [0.717, 1.165) is 68.0 Å². The highest BCUT2D eigenvalue weighted by molar-refractivity contribution is 5.68. The first-order valence-corrected chi connectivity index (χ1v) is 10.6. The molecule has 2 aromatic rings. The number of aliphatic hydroxyl groups is 1. The maximum absolute atomic E-state index is 10.3. The third-order valence-electron chi connectivity index (χ3n) is 6.47. The van der Waals surface area contributed by atoms with Gasteiger partial charge in [0.1, 0.15) is 0 Å². The van der Waals surface area contributed by atoms with Crippen molar-refractivity contribution in [2.24, 2.45) is 0 Å². The van der Waals surface area contributed by atoms with Gasteiger partial charge in [-0.2, -0.15) is 0 Å². The highest BCUT2D eigenvalue weighted by atomic mass is 16.7. The molecule has 0 unspecified atom stereocenters. The van der Waals surface area contributed by atoms with E-state index in [1.165, 1.54) is 5.69 Å². The Hall–Kier alpha value is -2.31. The minimum absolute atomic E-state index is 0.165. The van der Waals surface area contributed by atoms with Gasteiger partial charge in [0.15, 0.2) is 11.5 Å². The van der Waals surface area contributed by atoms with Gasteiger partial charge in [0, 0.05) is 37.0 Å². The molecule has 2 atom stereocenters. The third-order valence-corrected chi connectivity index (χ3v) is 6.47. The number of pyridine rings is 1. The molecule has 4 heterocycles. The van der Waals surface area contributed by atoms with Gasteiger partial charge in [0.25, 0.3) is 0 Å². The van der Waals surface area contributed by atoms with E-state index in [-0.39, 0.29) is 24.6 Å². The second-order valence-electron chi connectivity index (χ2n) is 8.38. The highest BCUT2D eigenvalue weighted by Crippen LogP contribution is 2.40. The van der Waals surface area contributed by atoms with Crippen LogP contribution in [0.4, 0.5) is 5.69 Å². The molecule has 1 N–H and O–H groups in total. The summed E-state index contributed by atoms with van der Waals surface area (Å²) in [6.07, 6.45) is 6.20. The van der Waals surface area contributed by atoms with Crippen LogP contribution in [0.1, 0.15) is 39.0 Å². The first kappa shape index (κ1) is 18.7. The smallest absolute Gasteiger partial charge is 0.231 e. The summed E-state index contributed by atoms with van der Waals surface area (Å²) in [6, 6.07) is 10.2. The Bertz CT molecular complexity index is 879. The van der Waals surface area contributed by atoms with Gasteiger partial charge >= 0.3 is 0 Å². The lowest BCUT2D eigenvalue weighted by molar-refractivity contribution is -0.171. The molecule has 6 nitrogen and oxygen atoms in total. The van der Waals surface area contributed by atoms with Crippen molar-refractivity contribution >= 4 is 5.69 Å². The van der Waals surface area contributed by atoms with E-state index in [1.54, 1.807) is 0 Å². The zero-order chi connectivity index (χ0) is 19.8. The summed E-state index contributed by atoms with van der Waals surface area (Å²) in [4.78, 5) is 6.96. The summed E-state index contributed by atoms with van der Waals surface area (Å²) >= 11 is 0. The van der Waals surface area contributed by atoms with Crippen LogP contribution in [-0.2, 0) is 4.74 Å². The second kappa shape index (κ2) is 7.50. The van der Waals surface area contributed by atoms with Gasteiger partial charge in [-0.1, -0.05) is 6.92 Å². The van der Waals surface area contributed by atoms with Crippen LogP contribution in [0.2, 0.25) is 0 Å². The molecule has 0 radical (unpaired) electrons. The summed E-state index contributed by atoms with van der Waals surface area (Å²) in [6.45, 7) is 4.26. The normalized spacial score (nSPS) is 25.4. The molecule has 154 valence electrons. The second-order valence-corrected chi connectivity index (χ2v) is 8.38. The number of aromatic nitrogens is 1. The van der Waals surface area contributed by atoms with Crippen molar-refractivity contribution in [2.75, 3.05) is 24.8 Å². The van der Waals surface area contributed by atoms with E-state index in [0.29, 0.717) is 0 Å². The molecule has 6 heteroatoms. The Morgan fingerprint density at radius 1 is 1.14 bits per heavy atom. The van der Waals surface area contributed by atoms with Gasteiger partial charge in [-0.25, -0.2) is 0 Å². The summed E-state index contributed by atoms with van der Waals surface area (Å²) in [7, 11) is 0. The lowest BCUT2D eigenvalue weighted by atomic mass is 9.81. The predicted octanol–water partition coefficient (Wildman–Crippen LogP) is 3.77. The highest BCUT2D eigenvalue weighted by Gasteiger charge is 2.42. The third kappa shape index (κ3) is 3.67. The Labute approximate surface area is 171 Å². The van der Waals surface area contributed by atoms with E-state index in [9.17, 15) is 5.11 Å². The van der Waals surface area contributed by atoms with Crippen LogP contribution in [0.15, 0.2) is 36.5 Å². The Morgan fingerprint density at radius 2 is 1.97 bits per heavy atom. The standard InChI is InChI=1S/C23H28N2O4/c1-2-19-13-18(26)14-23(29-19)6-9-25(10-7-23)17-5-8-24-20(12-17)16-3-4-21-22(11-16)28-15-27-21/h3-5,8,11-12,18-19,26H,2,6-7,9-10,13-15H2,1H3/t18-,19+/m1/s1. The average Bonchev–Trinajstić information content (AvgIpc) is 3.22. The number of piperidine rings is 1. The molecule has 0 saturated carbocycles. The summed E-state index contributed by atoms with van der Waals surface area (Å²) < 4.78 is 17.3. The first-order chi connectivity index (χ1) is 14.1. The summed E-state index contributed by atoms with van der Waals surface area (Å²) in [5.74, 6) is 1.55. The monoisotopic (exact) mass is 396 g/mol. The molecule has 0 amide bonds. The fourth-order valence-corrected chi connectivity index (χ4v) is 4.84. The van der Waals surface area contributed by atoms with Gasteiger partial charge in [-0.3, -0.25) is 4.98 Å². The first-order valence-electron chi connectivity index (χ1n) is 10.6. The van der Waals surface area contributed by atoms with Gasteiger partial charge in [-0.15, -0.1) is 0 Å². The van der Waals surface area contributed by atoms with Crippen LogP contribution < -0.4 is 14.4 Å². The van der Waals surface area contributed by atoms with Crippen LogP contribution in [0.3, 0.4) is 0 Å². The maximum Gasteiger partial charge on any atom is 0.231 e. The van der Waals surface area contributed by atoms with Crippen molar-refractivity contribution in [2.45, 2.75) is 56.8 Å². The molecule has 3 aliphatic rings. The van der Waals surface area contributed by atoms with Gasteiger partial charge in [0.2, 0.25) is 6.79 Å². The number of ether oxygens (including phenoxy) is 3. The molecular formula is C23H28N2O4. The van der Waals surface area contributed by atoms with E-state index in [2.05, 4.69) is 28.9 Å². The predicted molar refractivity (Wildman–Crippen MR) is 110 cm³/mol. The topological polar surface area (TPSA) is 64.1 Å². The van der Waals surface area contributed by atoms with Gasteiger partial charge < -0.3 is 24.2 Å². The molecule has 0 bridgehead atoms. The number of nitrogens with zero attached hydrogens (tertiary/aromatic N) is 2. The van der Waals surface area contributed by atoms with Crippen molar-refractivity contribution in [1.82, 2.24) is 4.98 Å². The minimum Gasteiger partial charge on any atom is -0.454 e. The van der Waals surface area contributed by atoms with E-state index < -0.39 is 0 Å². The lowest BCUT2D eigenvalue weighted by Crippen LogP contribution is -2.52. The molecule has 2 saturated heterocycles. The van der Waals surface area contributed by atoms with E-state index >= 15 is 0 Å². The summed E-state index contributed by atoms with van der Waals surface area (Å²) in [5.41, 5.74) is 2.96. The van der Waals surface area contributed by atoms with Crippen molar-refractivity contribution < 1.29 is 19.3 Å². The zero-order valence-electron chi connectivity index (χ0n) is 16.8. The lowest BCUT2D eigenvalue weighted by Gasteiger charge is -2.48. The number of hydrogen-bond acceptors (Lipinski definition) is 6. The number of rotatable bonds is 3. The molecule has 5 rings (SSSR count). The minimum atomic E-state index is -0.237. The number of anilines is 1. The molecule has 1 aromatic carbocycles. The quantitative estimate of drug-likeness (QED) is 0.852. The van der Waals surface area contributed by atoms with Crippen molar-refractivity contribution in [3.8, 4) is 22.8 Å². The number of benzene rings is 1. The molecular weight excluding hydrogens is 368 g/mol.